The van der Waals surface area contributed by atoms with Crippen LogP contribution in [0.15, 0.2) is 6.07 Å². The van der Waals surface area contributed by atoms with Gasteiger partial charge in [0.15, 0.2) is 5.69 Å². The Kier molecular flexibility index (Phi) is 7.23. The molecule has 1 saturated carbocycles. The number of hydrogen-bond donors (Lipinski definition) is 2. The number of rotatable bonds is 8. The molecule has 2 amide bonds. The fourth-order valence-corrected chi connectivity index (χ4v) is 3.01. The van der Waals surface area contributed by atoms with E-state index in [2.05, 4.69) is 17.3 Å². The van der Waals surface area contributed by atoms with Crippen molar-refractivity contribution in [2.75, 3.05) is 33.4 Å². The molecular weight excluding hydrogens is 365 g/mol. The van der Waals surface area contributed by atoms with E-state index >= 15 is 0 Å². The summed E-state index contributed by atoms with van der Waals surface area (Å²) < 4.78 is 42.9. The highest BCUT2D eigenvalue weighted by molar-refractivity contribution is 5.92. The quantitative estimate of drug-likeness (QED) is 0.666. The highest BCUT2D eigenvalue weighted by Gasteiger charge is 2.34. The van der Waals surface area contributed by atoms with Gasteiger partial charge < -0.3 is 15.0 Å². The fraction of sp³-hybridized carbons (Fsp3) is 0.706. The Morgan fingerprint density at radius 1 is 1.37 bits per heavy atom. The van der Waals surface area contributed by atoms with E-state index in [9.17, 15) is 22.8 Å². The lowest BCUT2D eigenvalue weighted by Crippen LogP contribution is -2.33. The third kappa shape index (κ3) is 6.23. The van der Waals surface area contributed by atoms with Crippen molar-refractivity contribution in [3.8, 4) is 0 Å². The van der Waals surface area contributed by atoms with Crippen molar-refractivity contribution >= 4 is 11.8 Å². The number of halogens is 3. The Morgan fingerprint density at radius 2 is 2.11 bits per heavy atom. The predicted octanol–water partition coefficient (Wildman–Crippen LogP) is 2.07. The van der Waals surface area contributed by atoms with Crippen molar-refractivity contribution in [3.05, 3.63) is 17.5 Å². The number of amides is 2. The second kappa shape index (κ2) is 9.20. The first-order valence-corrected chi connectivity index (χ1v) is 8.92. The monoisotopic (exact) mass is 390 g/mol. The van der Waals surface area contributed by atoms with Gasteiger partial charge in [-0.1, -0.05) is 6.92 Å². The van der Waals surface area contributed by atoms with Crippen LogP contribution in [0.1, 0.15) is 42.4 Å². The Hall–Kier alpha value is -2.10. The van der Waals surface area contributed by atoms with Gasteiger partial charge in [0.05, 0.1) is 13.2 Å². The van der Waals surface area contributed by atoms with Crippen LogP contribution in [0.5, 0.6) is 0 Å². The maximum atomic E-state index is 12.5. The Bertz CT molecular complexity index is 648. The largest absolute Gasteiger partial charge is 0.432 e. The van der Waals surface area contributed by atoms with E-state index < -0.39 is 17.8 Å². The average Bonchev–Trinajstić information content (AvgIpc) is 3.25. The summed E-state index contributed by atoms with van der Waals surface area (Å²) in [6.07, 6.45) is -1.66. The maximum Gasteiger partial charge on any atom is 0.432 e. The number of likely N-dealkylation sites (N-methyl/N-ethyl adjacent to an activating group) is 1. The number of nitrogens with one attached hydrogen (secondary N) is 2. The molecular formula is C17H25F3N4O3. The van der Waals surface area contributed by atoms with Crippen LogP contribution in [0.2, 0.25) is 0 Å². The minimum atomic E-state index is -4.58. The molecule has 0 bridgehead atoms. The van der Waals surface area contributed by atoms with Crippen LogP contribution in [0.25, 0.3) is 0 Å². The Balaban J connectivity index is 1.61. The van der Waals surface area contributed by atoms with Crippen LogP contribution in [0, 0.1) is 11.8 Å². The molecule has 7 nitrogen and oxygen atoms in total. The van der Waals surface area contributed by atoms with Gasteiger partial charge in [-0.3, -0.25) is 14.7 Å². The van der Waals surface area contributed by atoms with Crippen LogP contribution in [-0.2, 0) is 15.7 Å². The summed E-state index contributed by atoms with van der Waals surface area (Å²) in [5.74, 6) is 0.0919. The van der Waals surface area contributed by atoms with E-state index in [1.807, 2.05) is 5.10 Å². The molecule has 1 fully saturated rings. The number of nitrogens with zero attached hydrogens (tertiary/aromatic N) is 2. The number of alkyl halides is 3. The van der Waals surface area contributed by atoms with Gasteiger partial charge in [0.2, 0.25) is 5.91 Å². The van der Waals surface area contributed by atoms with E-state index in [0.29, 0.717) is 25.1 Å². The lowest BCUT2D eigenvalue weighted by atomic mass is 10.1. The minimum Gasteiger partial charge on any atom is -0.378 e. The van der Waals surface area contributed by atoms with E-state index in [-0.39, 0.29) is 30.7 Å². The number of H-pyrrole nitrogens is 1. The second-order valence-corrected chi connectivity index (χ2v) is 6.91. The van der Waals surface area contributed by atoms with Gasteiger partial charge >= 0.3 is 6.18 Å². The lowest BCUT2D eigenvalue weighted by Gasteiger charge is -2.16. The van der Waals surface area contributed by atoms with Crippen LogP contribution in [0.3, 0.4) is 0 Å². The molecule has 0 spiro atoms. The van der Waals surface area contributed by atoms with Gasteiger partial charge in [-0.15, -0.1) is 0 Å². The molecule has 0 aliphatic heterocycles. The van der Waals surface area contributed by atoms with Crippen molar-refractivity contribution in [2.24, 2.45) is 11.8 Å². The minimum absolute atomic E-state index is 0.0502. The van der Waals surface area contributed by atoms with Crippen molar-refractivity contribution in [1.82, 2.24) is 20.4 Å². The normalized spacial score (nSPS) is 19.9. The summed E-state index contributed by atoms with van der Waals surface area (Å²) >= 11 is 0. The first kappa shape index (κ1) is 21.2. The average molecular weight is 390 g/mol. The van der Waals surface area contributed by atoms with Crippen molar-refractivity contribution in [1.29, 1.82) is 0 Å². The Labute approximate surface area is 155 Å². The van der Waals surface area contributed by atoms with Crippen LogP contribution < -0.4 is 5.32 Å². The Morgan fingerprint density at radius 3 is 2.70 bits per heavy atom. The van der Waals surface area contributed by atoms with Gasteiger partial charge in [-0.25, -0.2) is 0 Å². The van der Waals surface area contributed by atoms with Crippen LogP contribution in [0.4, 0.5) is 13.2 Å². The van der Waals surface area contributed by atoms with Gasteiger partial charge in [-0.2, -0.15) is 18.3 Å². The molecule has 0 saturated heterocycles. The SMILES string of the molecule is CC1CCC(C(=O)NCCOCCN(C)C(=O)c2cc(C(F)(F)F)[nH]n2)C1. The number of carbonyl (C=O) groups is 2. The fourth-order valence-electron chi connectivity index (χ4n) is 3.01. The van der Waals surface area contributed by atoms with Crippen LogP contribution in [-0.4, -0.2) is 60.3 Å². The smallest absolute Gasteiger partial charge is 0.378 e. The number of hydrogen-bond acceptors (Lipinski definition) is 4. The molecule has 1 aliphatic rings. The molecule has 10 heteroatoms. The zero-order valence-electron chi connectivity index (χ0n) is 15.4. The standard InChI is InChI=1S/C17H25F3N4O3/c1-11-3-4-12(9-11)15(25)21-5-7-27-8-6-24(2)16(26)13-10-14(23-22-13)17(18,19)20/h10-12H,3-9H2,1-2H3,(H,21,25)(H,22,23). The molecule has 2 unspecified atom stereocenters. The zero-order chi connectivity index (χ0) is 20.0. The van der Waals surface area contributed by atoms with Gasteiger partial charge in [0.1, 0.15) is 5.69 Å². The topological polar surface area (TPSA) is 87.3 Å². The van der Waals surface area contributed by atoms with Crippen molar-refractivity contribution in [2.45, 2.75) is 32.4 Å². The highest BCUT2D eigenvalue weighted by atomic mass is 19.4. The number of carbonyl (C=O) groups excluding carboxylic acids is 2. The molecule has 0 aromatic carbocycles. The predicted molar refractivity (Wildman–Crippen MR) is 90.9 cm³/mol. The molecule has 27 heavy (non-hydrogen) atoms. The van der Waals surface area contributed by atoms with E-state index in [1.54, 1.807) is 0 Å². The summed E-state index contributed by atoms with van der Waals surface area (Å²) in [5.41, 5.74) is -1.37. The summed E-state index contributed by atoms with van der Waals surface area (Å²) in [4.78, 5) is 25.2. The lowest BCUT2D eigenvalue weighted by molar-refractivity contribution is -0.141. The van der Waals surface area contributed by atoms with E-state index in [0.717, 1.165) is 19.3 Å². The first-order valence-electron chi connectivity index (χ1n) is 8.92. The van der Waals surface area contributed by atoms with Gasteiger partial charge in [0.25, 0.3) is 5.91 Å². The second-order valence-electron chi connectivity index (χ2n) is 6.91. The molecule has 1 aromatic heterocycles. The number of aromatic amines is 1. The van der Waals surface area contributed by atoms with Gasteiger partial charge in [-0.05, 0) is 25.2 Å². The maximum absolute atomic E-state index is 12.5. The third-order valence-electron chi connectivity index (χ3n) is 4.63. The van der Waals surface area contributed by atoms with Gasteiger partial charge in [0, 0.05) is 32.1 Å². The molecule has 2 rings (SSSR count). The number of ether oxygens (including phenoxy) is 1. The third-order valence-corrected chi connectivity index (χ3v) is 4.63. The molecule has 0 radical (unpaired) electrons. The van der Waals surface area contributed by atoms with Crippen LogP contribution >= 0.6 is 0 Å². The van der Waals surface area contributed by atoms with Crippen molar-refractivity contribution in [3.63, 3.8) is 0 Å². The summed E-state index contributed by atoms with van der Waals surface area (Å²) in [6, 6.07) is 0.680. The summed E-state index contributed by atoms with van der Waals surface area (Å²) in [7, 11) is 1.46. The molecule has 1 aromatic rings. The molecule has 1 aliphatic carbocycles. The molecule has 152 valence electrons. The van der Waals surface area contributed by atoms with E-state index in [1.165, 1.54) is 11.9 Å². The molecule has 2 N–H and O–H groups in total. The summed E-state index contributed by atoms with van der Waals surface area (Å²) in [5, 5.41) is 8.04. The number of aromatic nitrogens is 2. The highest BCUT2D eigenvalue weighted by Crippen LogP contribution is 2.30. The first-order chi connectivity index (χ1) is 12.7. The summed E-state index contributed by atoms with van der Waals surface area (Å²) in [6.45, 7) is 3.23. The zero-order valence-corrected chi connectivity index (χ0v) is 15.4. The molecule has 2 atom stereocenters. The van der Waals surface area contributed by atoms with E-state index in [4.69, 9.17) is 4.74 Å². The van der Waals surface area contributed by atoms with Crippen molar-refractivity contribution < 1.29 is 27.5 Å². The molecule has 1 heterocycles.